The zero-order valence-corrected chi connectivity index (χ0v) is 9.52. The molecule has 1 unspecified atom stereocenters. The first-order valence-corrected chi connectivity index (χ1v) is 5.13. The van der Waals surface area contributed by atoms with Gasteiger partial charge in [-0.2, -0.15) is 0 Å². The Hall–Kier alpha value is -1.67. The van der Waals surface area contributed by atoms with Crippen molar-refractivity contribution in [2.45, 2.75) is 12.0 Å². The van der Waals surface area contributed by atoms with Crippen LogP contribution in [0.4, 0.5) is 4.79 Å². The third-order valence-electron chi connectivity index (χ3n) is 2.65. The summed E-state index contributed by atoms with van der Waals surface area (Å²) in [6.45, 7) is 0.479. The van der Waals surface area contributed by atoms with Gasteiger partial charge in [0.25, 0.3) is 0 Å². The summed E-state index contributed by atoms with van der Waals surface area (Å²) in [4.78, 5) is 34.7. The van der Waals surface area contributed by atoms with Crippen LogP contribution < -0.4 is 16.4 Å². The monoisotopic (exact) mass is 244 g/mol. The van der Waals surface area contributed by atoms with Gasteiger partial charge in [0.2, 0.25) is 5.91 Å². The highest BCUT2D eigenvalue weighted by Crippen LogP contribution is 2.18. The molecule has 0 radical (unpaired) electrons. The first kappa shape index (κ1) is 13.4. The van der Waals surface area contributed by atoms with Crippen LogP contribution in [0, 0.1) is 0 Å². The number of nitrogens with one attached hydrogen (secondary N) is 2. The van der Waals surface area contributed by atoms with E-state index in [1.165, 1.54) is 7.05 Å². The Balaban J connectivity index is 2.43. The van der Waals surface area contributed by atoms with Gasteiger partial charge in [-0.05, 0) is 6.42 Å². The number of carbonyl (C=O) groups excluding carboxylic acids is 2. The average molecular weight is 244 g/mol. The predicted molar refractivity (Wildman–Crippen MR) is 58.2 cm³/mol. The van der Waals surface area contributed by atoms with E-state index >= 15 is 0 Å². The van der Waals surface area contributed by atoms with Gasteiger partial charge in [-0.15, -0.1) is 0 Å². The molecular weight excluding hydrogens is 228 g/mol. The lowest BCUT2D eigenvalue weighted by atomic mass is 10.0. The van der Waals surface area contributed by atoms with E-state index in [4.69, 9.17) is 10.8 Å². The molecule has 0 spiro atoms. The van der Waals surface area contributed by atoms with Gasteiger partial charge in [-0.25, -0.2) is 4.79 Å². The second-order valence-electron chi connectivity index (χ2n) is 4.05. The molecule has 1 rings (SSSR count). The topological polar surface area (TPSA) is 125 Å². The van der Waals surface area contributed by atoms with Gasteiger partial charge in [0.05, 0.1) is 6.54 Å². The molecule has 0 saturated carbocycles. The summed E-state index contributed by atoms with van der Waals surface area (Å²) in [5, 5.41) is 13.2. The molecule has 3 amide bonds. The van der Waals surface area contributed by atoms with E-state index in [2.05, 4.69) is 10.6 Å². The van der Waals surface area contributed by atoms with E-state index in [9.17, 15) is 14.4 Å². The number of aliphatic carboxylic acids is 1. The van der Waals surface area contributed by atoms with Crippen molar-refractivity contribution in [1.82, 2.24) is 15.5 Å². The second kappa shape index (κ2) is 5.11. The highest BCUT2D eigenvalue weighted by molar-refractivity contribution is 5.95. The highest BCUT2D eigenvalue weighted by atomic mass is 16.4. The van der Waals surface area contributed by atoms with Crippen LogP contribution in [0.5, 0.6) is 0 Å². The first-order valence-electron chi connectivity index (χ1n) is 5.13. The number of rotatable bonds is 3. The van der Waals surface area contributed by atoms with Crippen molar-refractivity contribution in [2.24, 2.45) is 5.73 Å². The molecule has 1 atom stereocenters. The fourth-order valence-corrected chi connectivity index (χ4v) is 1.66. The molecule has 8 heteroatoms. The lowest BCUT2D eigenvalue weighted by molar-refractivity contribution is -0.143. The fourth-order valence-electron chi connectivity index (χ4n) is 1.66. The van der Waals surface area contributed by atoms with Crippen LogP contribution in [-0.2, 0) is 9.59 Å². The van der Waals surface area contributed by atoms with E-state index in [-0.39, 0.29) is 19.5 Å². The van der Waals surface area contributed by atoms with Crippen LogP contribution in [-0.4, -0.2) is 60.1 Å². The smallest absolute Gasteiger partial charge is 0.325 e. The molecule has 5 N–H and O–H groups in total. The van der Waals surface area contributed by atoms with Gasteiger partial charge in [0.15, 0.2) is 0 Å². The van der Waals surface area contributed by atoms with Crippen molar-refractivity contribution >= 4 is 17.9 Å². The summed E-state index contributed by atoms with van der Waals surface area (Å²) in [5.74, 6) is -1.56. The minimum absolute atomic E-state index is 0.0420. The molecule has 96 valence electrons. The fraction of sp³-hybridized carbons (Fsp3) is 0.667. The van der Waals surface area contributed by atoms with E-state index < -0.39 is 23.4 Å². The summed E-state index contributed by atoms with van der Waals surface area (Å²) < 4.78 is 0. The number of likely N-dealkylation sites (tertiary alicyclic amines) is 1. The molecular formula is C9H16N4O4. The van der Waals surface area contributed by atoms with Crippen LogP contribution in [0.25, 0.3) is 0 Å². The summed E-state index contributed by atoms with van der Waals surface area (Å²) in [7, 11) is 1.40. The van der Waals surface area contributed by atoms with Gasteiger partial charge >= 0.3 is 12.0 Å². The van der Waals surface area contributed by atoms with Crippen molar-refractivity contribution in [1.29, 1.82) is 0 Å². The predicted octanol–water partition coefficient (Wildman–Crippen LogP) is -2.07. The summed E-state index contributed by atoms with van der Waals surface area (Å²) in [6, 6.07) is -0.591. The van der Waals surface area contributed by atoms with Gasteiger partial charge < -0.3 is 16.2 Å². The molecule has 0 aromatic heterocycles. The minimum Gasteiger partial charge on any atom is -0.480 e. The van der Waals surface area contributed by atoms with Crippen molar-refractivity contribution in [3.05, 3.63) is 0 Å². The number of hydrogen-bond acceptors (Lipinski definition) is 5. The van der Waals surface area contributed by atoms with Crippen LogP contribution in [0.1, 0.15) is 6.42 Å². The molecule has 1 fully saturated rings. The third-order valence-corrected chi connectivity index (χ3v) is 2.65. The lowest BCUT2D eigenvalue weighted by Crippen LogP contribution is -2.51. The van der Waals surface area contributed by atoms with Gasteiger partial charge in [-0.3, -0.25) is 19.8 Å². The molecule has 1 aliphatic heterocycles. The van der Waals surface area contributed by atoms with Crippen molar-refractivity contribution in [3.8, 4) is 0 Å². The number of amides is 3. The van der Waals surface area contributed by atoms with E-state index in [1.54, 1.807) is 4.90 Å². The Bertz CT molecular complexity index is 346. The number of carboxylic acid groups (broad SMARTS) is 1. The maximum absolute atomic E-state index is 11.3. The van der Waals surface area contributed by atoms with E-state index in [0.717, 1.165) is 0 Å². The molecule has 1 heterocycles. The normalized spacial score (nSPS) is 24.4. The SMILES string of the molecule is CNC(=O)NC(=O)CN1CCC(N)(C(=O)O)C1. The molecule has 0 bridgehead atoms. The summed E-state index contributed by atoms with van der Waals surface area (Å²) in [5.41, 5.74) is 4.34. The average Bonchev–Trinajstić information content (AvgIpc) is 2.61. The Morgan fingerprint density at radius 1 is 1.47 bits per heavy atom. The van der Waals surface area contributed by atoms with Crippen LogP contribution >= 0.6 is 0 Å². The molecule has 0 aromatic carbocycles. The quantitative estimate of drug-likeness (QED) is 0.452. The third kappa shape index (κ3) is 3.40. The highest BCUT2D eigenvalue weighted by Gasteiger charge is 2.41. The first-order chi connectivity index (χ1) is 7.87. The number of nitrogens with two attached hydrogens (primary N) is 1. The molecule has 0 aromatic rings. The second-order valence-corrected chi connectivity index (χ2v) is 4.05. The molecule has 1 saturated heterocycles. The zero-order valence-electron chi connectivity index (χ0n) is 9.52. The molecule has 8 nitrogen and oxygen atoms in total. The molecule has 1 aliphatic rings. The van der Waals surface area contributed by atoms with Crippen LogP contribution in [0.2, 0.25) is 0 Å². The van der Waals surface area contributed by atoms with Crippen LogP contribution in [0.3, 0.4) is 0 Å². The summed E-state index contributed by atoms with van der Waals surface area (Å²) >= 11 is 0. The van der Waals surface area contributed by atoms with Gasteiger partial charge in [0, 0.05) is 20.1 Å². The maximum atomic E-state index is 11.3. The van der Waals surface area contributed by atoms with Crippen LogP contribution in [0.15, 0.2) is 0 Å². The number of nitrogens with zero attached hydrogens (tertiary/aromatic N) is 1. The Kier molecular flexibility index (Phi) is 4.02. The Labute approximate surface area is 98.1 Å². The lowest BCUT2D eigenvalue weighted by Gasteiger charge is -2.19. The number of urea groups is 1. The number of hydrogen-bond donors (Lipinski definition) is 4. The largest absolute Gasteiger partial charge is 0.480 e. The number of carboxylic acids is 1. The molecule has 0 aliphatic carbocycles. The number of carbonyl (C=O) groups is 3. The van der Waals surface area contributed by atoms with Crippen molar-refractivity contribution in [3.63, 3.8) is 0 Å². The maximum Gasteiger partial charge on any atom is 0.325 e. The Morgan fingerprint density at radius 2 is 2.12 bits per heavy atom. The van der Waals surface area contributed by atoms with E-state index in [0.29, 0.717) is 6.54 Å². The zero-order chi connectivity index (χ0) is 13.1. The Morgan fingerprint density at radius 3 is 2.59 bits per heavy atom. The van der Waals surface area contributed by atoms with Gasteiger partial charge in [0.1, 0.15) is 5.54 Å². The summed E-state index contributed by atoms with van der Waals surface area (Å²) in [6.07, 6.45) is 0.287. The van der Waals surface area contributed by atoms with Gasteiger partial charge in [-0.1, -0.05) is 0 Å². The number of imide groups is 1. The standard InChI is InChI=1S/C9H16N4O4/c1-11-8(17)12-6(14)4-13-3-2-9(10,5-13)7(15)16/h2-5,10H2,1H3,(H,15,16)(H2,11,12,14,17). The van der Waals surface area contributed by atoms with E-state index in [1.807, 2.05) is 0 Å². The van der Waals surface area contributed by atoms with Crippen molar-refractivity contribution < 1.29 is 19.5 Å². The molecule has 17 heavy (non-hydrogen) atoms. The minimum atomic E-state index is -1.30. The van der Waals surface area contributed by atoms with Crippen molar-refractivity contribution in [2.75, 3.05) is 26.7 Å².